The van der Waals surface area contributed by atoms with Crippen LogP contribution in [0.25, 0.3) is 11.4 Å². The molecule has 1 aromatic carbocycles. The van der Waals surface area contributed by atoms with Gasteiger partial charge in [-0.25, -0.2) is 4.79 Å². The maximum absolute atomic E-state index is 12.6. The van der Waals surface area contributed by atoms with Gasteiger partial charge in [-0.2, -0.15) is 0 Å². The number of aromatic nitrogens is 3. The fourth-order valence-electron chi connectivity index (χ4n) is 3.14. The molecular weight excluding hydrogens is 436 g/mol. The number of rotatable bonds is 8. The molecule has 3 aromatic rings. The summed E-state index contributed by atoms with van der Waals surface area (Å²) < 4.78 is 11.9. The van der Waals surface area contributed by atoms with Crippen LogP contribution in [0, 0.1) is 6.92 Å². The number of hydrogen-bond acceptors (Lipinski definition) is 8. The Kier molecular flexibility index (Phi) is 7.34. The van der Waals surface area contributed by atoms with Crippen LogP contribution in [0.5, 0.6) is 5.75 Å². The second-order valence-corrected chi connectivity index (χ2v) is 8.78. The van der Waals surface area contributed by atoms with Gasteiger partial charge in [0.15, 0.2) is 11.0 Å². The number of thioether (sulfide) groups is 1. The topological polar surface area (TPSA) is 95.3 Å². The number of aryl methyl sites for hydroxylation is 1. The van der Waals surface area contributed by atoms with Crippen molar-refractivity contribution < 1.29 is 19.1 Å². The number of hydrogen-bond donors (Lipinski definition) is 1. The first-order chi connectivity index (χ1) is 14.9. The molecule has 3 rings (SSSR count). The van der Waals surface area contributed by atoms with Crippen LogP contribution in [0.3, 0.4) is 0 Å². The molecule has 0 aliphatic rings. The van der Waals surface area contributed by atoms with Gasteiger partial charge >= 0.3 is 5.97 Å². The van der Waals surface area contributed by atoms with E-state index >= 15 is 0 Å². The molecule has 0 radical (unpaired) electrons. The number of carbonyl (C=O) groups excluding carboxylic acids is 2. The third kappa shape index (κ3) is 4.91. The number of esters is 1. The van der Waals surface area contributed by atoms with Crippen LogP contribution >= 0.6 is 23.1 Å². The van der Waals surface area contributed by atoms with Crippen molar-refractivity contribution >= 4 is 40.0 Å². The third-order valence-corrected chi connectivity index (χ3v) is 6.80. The minimum absolute atomic E-state index is 0.133. The average Bonchev–Trinajstić information content (AvgIpc) is 3.30. The summed E-state index contributed by atoms with van der Waals surface area (Å²) in [6.07, 6.45) is 0.685. The Morgan fingerprint density at radius 1 is 1.19 bits per heavy atom. The number of methoxy groups -OCH3 is 2. The molecule has 0 unspecified atom stereocenters. The van der Waals surface area contributed by atoms with Gasteiger partial charge in [0, 0.05) is 17.5 Å². The summed E-state index contributed by atoms with van der Waals surface area (Å²) in [5, 5.41) is 12.4. The molecule has 1 amide bonds. The second-order valence-electron chi connectivity index (χ2n) is 6.62. The van der Waals surface area contributed by atoms with E-state index in [-0.39, 0.29) is 11.7 Å². The van der Waals surface area contributed by atoms with Crippen molar-refractivity contribution in [1.29, 1.82) is 0 Å². The lowest BCUT2D eigenvalue weighted by atomic mass is 10.1. The monoisotopic (exact) mass is 460 g/mol. The lowest BCUT2D eigenvalue weighted by molar-refractivity contribution is -0.113. The van der Waals surface area contributed by atoms with Crippen molar-refractivity contribution in [1.82, 2.24) is 14.8 Å². The Balaban J connectivity index is 1.69. The fourth-order valence-corrected chi connectivity index (χ4v) is 5.00. The molecule has 10 heteroatoms. The number of ether oxygens (including phenoxy) is 2. The Hall–Kier alpha value is -2.85. The van der Waals surface area contributed by atoms with Gasteiger partial charge in [0.2, 0.25) is 5.91 Å². The number of carbonyl (C=O) groups is 2. The Morgan fingerprint density at radius 2 is 1.90 bits per heavy atom. The number of anilines is 1. The van der Waals surface area contributed by atoms with Crippen LogP contribution in [0.4, 0.5) is 5.00 Å². The highest BCUT2D eigenvalue weighted by atomic mass is 32.2. The van der Waals surface area contributed by atoms with Crippen LogP contribution in [0.2, 0.25) is 0 Å². The van der Waals surface area contributed by atoms with E-state index in [1.54, 1.807) is 7.11 Å². The molecule has 8 nitrogen and oxygen atoms in total. The maximum atomic E-state index is 12.6. The molecule has 0 saturated heterocycles. The summed E-state index contributed by atoms with van der Waals surface area (Å²) in [6, 6.07) is 7.53. The summed E-state index contributed by atoms with van der Waals surface area (Å²) in [5.41, 5.74) is 2.24. The lowest BCUT2D eigenvalue weighted by Gasteiger charge is -2.07. The van der Waals surface area contributed by atoms with E-state index < -0.39 is 5.97 Å². The van der Waals surface area contributed by atoms with Crippen molar-refractivity contribution in [3.8, 4) is 17.1 Å². The molecule has 0 atom stereocenters. The molecule has 31 heavy (non-hydrogen) atoms. The van der Waals surface area contributed by atoms with E-state index in [9.17, 15) is 9.59 Å². The van der Waals surface area contributed by atoms with E-state index in [2.05, 4.69) is 15.5 Å². The predicted molar refractivity (Wildman–Crippen MR) is 122 cm³/mol. The van der Waals surface area contributed by atoms with Gasteiger partial charge in [-0.15, -0.1) is 21.5 Å². The molecule has 0 saturated carbocycles. The van der Waals surface area contributed by atoms with Gasteiger partial charge in [0.05, 0.1) is 25.5 Å². The van der Waals surface area contributed by atoms with Crippen molar-refractivity contribution in [2.45, 2.75) is 25.4 Å². The number of nitrogens with one attached hydrogen (secondary N) is 1. The average molecular weight is 461 g/mol. The van der Waals surface area contributed by atoms with Gasteiger partial charge in [-0.1, -0.05) is 18.7 Å². The van der Waals surface area contributed by atoms with Crippen LogP contribution in [0.15, 0.2) is 29.4 Å². The molecule has 0 bridgehead atoms. The standard InChI is InChI=1S/C21H24N4O4S2/c1-6-15-12(2)31-19(17(15)20(27)29-5)22-16(26)11-30-21-24-23-18(25(21)3)13-7-9-14(28-4)10-8-13/h7-10H,6,11H2,1-5H3,(H,22,26). The summed E-state index contributed by atoms with van der Waals surface area (Å²) in [7, 11) is 4.81. The van der Waals surface area contributed by atoms with Gasteiger partial charge in [-0.05, 0) is 43.2 Å². The first kappa shape index (κ1) is 22.8. The van der Waals surface area contributed by atoms with E-state index in [1.165, 1.54) is 30.2 Å². The van der Waals surface area contributed by atoms with Crippen molar-refractivity contribution in [2.24, 2.45) is 7.05 Å². The first-order valence-corrected chi connectivity index (χ1v) is 11.4. The minimum Gasteiger partial charge on any atom is -0.497 e. The second kappa shape index (κ2) is 9.97. The Labute approximate surface area is 189 Å². The minimum atomic E-state index is -0.443. The smallest absolute Gasteiger partial charge is 0.341 e. The van der Waals surface area contributed by atoms with Crippen LogP contribution in [-0.4, -0.2) is 46.6 Å². The zero-order valence-electron chi connectivity index (χ0n) is 18.0. The summed E-state index contributed by atoms with van der Waals surface area (Å²) in [5.74, 6) is 0.918. The normalized spacial score (nSPS) is 10.7. The van der Waals surface area contributed by atoms with E-state index in [4.69, 9.17) is 9.47 Å². The highest BCUT2D eigenvalue weighted by molar-refractivity contribution is 7.99. The molecule has 0 aliphatic carbocycles. The third-order valence-electron chi connectivity index (χ3n) is 4.72. The number of thiophene rings is 1. The highest BCUT2D eigenvalue weighted by Crippen LogP contribution is 2.34. The summed E-state index contributed by atoms with van der Waals surface area (Å²) in [4.78, 5) is 25.8. The largest absolute Gasteiger partial charge is 0.497 e. The molecule has 0 fully saturated rings. The van der Waals surface area contributed by atoms with Gasteiger partial charge < -0.3 is 19.4 Å². The van der Waals surface area contributed by atoms with Crippen LogP contribution in [0.1, 0.15) is 27.7 Å². The SMILES string of the molecule is CCc1c(C)sc(NC(=O)CSc2nnc(-c3ccc(OC)cc3)n2C)c1C(=O)OC. The Morgan fingerprint density at radius 3 is 2.52 bits per heavy atom. The Bertz CT molecular complexity index is 1090. The highest BCUT2D eigenvalue weighted by Gasteiger charge is 2.23. The fraction of sp³-hybridized carbons (Fsp3) is 0.333. The van der Waals surface area contributed by atoms with E-state index in [0.29, 0.717) is 28.0 Å². The van der Waals surface area contributed by atoms with E-state index in [0.717, 1.165) is 21.8 Å². The molecule has 164 valence electrons. The van der Waals surface area contributed by atoms with Crippen molar-refractivity contribution in [3.63, 3.8) is 0 Å². The zero-order chi connectivity index (χ0) is 22.5. The number of amides is 1. The van der Waals surface area contributed by atoms with Crippen LogP contribution < -0.4 is 10.1 Å². The maximum Gasteiger partial charge on any atom is 0.341 e. The zero-order valence-corrected chi connectivity index (χ0v) is 19.6. The summed E-state index contributed by atoms with van der Waals surface area (Å²) in [6.45, 7) is 3.90. The molecule has 0 aliphatic heterocycles. The molecule has 1 N–H and O–H groups in total. The van der Waals surface area contributed by atoms with Crippen LogP contribution in [-0.2, 0) is 23.0 Å². The van der Waals surface area contributed by atoms with Crippen molar-refractivity contribution in [2.75, 3.05) is 25.3 Å². The molecule has 0 spiro atoms. The van der Waals surface area contributed by atoms with Crippen molar-refractivity contribution in [3.05, 3.63) is 40.3 Å². The number of benzene rings is 1. The van der Waals surface area contributed by atoms with E-state index in [1.807, 2.05) is 49.7 Å². The van der Waals surface area contributed by atoms with Gasteiger partial charge in [0.1, 0.15) is 10.8 Å². The molecule has 2 aromatic heterocycles. The molecule has 2 heterocycles. The predicted octanol–water partition coefficient (Wildman–Crippen LogP) is 3.94. The first-order valence-electron chi connectivity index (χ1n) is 9.56. The van der Waals surface area contributed by atoms with Gasteiger partial charge in [0.25, 0.3) is 0 Å². The summed E-state index contributed by atoms with van der Waals surface area (Å²) >= 11 is 2.66. The quantitative estimate of drug-likeness (QED) is 0.402. The van der Waals surface area contributed by atoms with Gasteiger partial charge in [-0.3, -0.25) is 4.79 Å². The molecular formula is C21H24N4O4S2. The number of nitrogens with zero attached hydrogens (tertiary/aromatic N) is 3. The lowest BCUT2D eigenvalue weighted by Crippen LogP contribution is -2.16.